The van der Waals surface area contributed by atoms with Crippen molar-refractivity contribution in [2.24, 2.45) is 5.92 Å². The molecule has 1 aromatic carbocycles. The molecule has 0 heterocycles. The summed E-state index contributed by atoms with van der Waals surface area (Å²) in [5.41, 5.74) is 0.542. The summed E-state index contributed by atoms with van der Waals surface area (Å²) < 4.78 is 10.9. The molecule has 4 heteroatoms. The van der Waals surface area contributed by atoms with Crippen LogP contribution in [-0.2, 0) is 4.74 Å². The summed E-state index contributed by atoms with van der Waals surface area (Å²) in [5, 5.41) is 0.446. The molecule has 0 aliphatic heterocycles. The van der Waals surface area contributed by atoms with E-state index in [1.165, 1.54) is 0 Å². The fourth-order valence-corrected chi connectivity index (χ4v) is 1.58. The highest BCUT2D eigenvalue weighted by atomic mass is 35.5. The lowest BCUT2D eigenvalue weighted by Gasteiger charge is -2.09. The molecule has 0 fully saturated rings. The summed E-state index contributed by atoms with van der Waals surface area (Å²) in [7, 11) is 0. The van der Waals surface area contributed by atoms with Gasteiger partial charge < -0.3 is 9.47 Å². The lowest BCUT2D eigenvalue weighted by molar-refractivity contribution is 0.0926. The average molecular weight is 271 g/mol. The smallest absolute Gasteiger partial charge is 0.150 e. The summed E-state index contributed by atoms with van der Waals surface area (Å²) in [6.45, 7) is 6.07. The summed E-state index contributed by atoms with van der Waals surface area (Å²) in [4.78, 5) is 10.5. The van der Waals surface area contributed by atoms with Crippen LogP contribution in [0, 0.1) is 5.92 Å². The van der Waals surface area contributed by atoms with Crippen molar-refractivity contribution >= 4 is 17.9 Å². The Labute approximate surface area is 113 Å². The predicted molar refractivity (Wildman–Crippen MR) is 72.6 cm³/mol. The zero-order valence-corrected chi connectivity index (χ0v) is 11.6. The zero-order chi connectivity index (χ0) is 13.4. The van der Waals surface area contributed by atoms with Gasteiger partial charge in [-0.05, 0) is 30.5 Å². The molecule has 1 rings (SSSR count). The topological polar surface area (TPSA) is 35.5 Å². The second kappa shape index (κ2) is 8.11. The molecule has 0 aromatic heterocycles. The maximum Gasteiger partial charge on any atom is 0.150 e. The van der Waals surface area contributed by atoms with Crippen molar-refractivity contribution in [1.82, 2.24) is 0 Å². The number of carbonyl (C=O) groups is 1. The first-order valence-electron chi connectivity index (χ1n) is 6.08. The fraction of sp³-hybridized carbons (Fsp3) is 0.500. The molecule has 0 saturated carbocycles. The second-order valence-electron chi connectivity index (χ2n) is 4.45. The summed E-state index contributed by atoms with van der Waals surface area (Å²) >= 11 is 5.97. The van der Waals surface area contributed by atoms with Gasteiger partial charge in [-0.3, -0.25) is 4.79 Å². The van der Waals surface area contributed by atoms with E-state index in [2.05, 4.69) is 13.8 Å². The molecule has 100 valence electrons. The summed E-state index contributed by atoms with van der Waals surface area (Å²) in [6, 6.07) is 4.96. The molecule has 0 N–H and O–H groups in total. The van der Waals surface area contributed by atoms with Crippen molar-refractivity contribution in [3.8, 4) is 5.75 Å². The van der Waals surface area contributed by atoms with E-state index in [9.17, 15) is 4.79 Å². The van der Waals surface area contributed by atoms with Crippen LogP contribution in [0.25, 0.3) is 0 Å². The Kier molecular flexibility index (Phi) is 6.76. The highest BCUT2D eigenvalue weighted by molar-refractivity contribution is 6.32. The second-order valence-corrected chi connectivity index (χ2v) is 4.86. The Morgan fingerprint density at radius 2 is 2.06 bits per heavy atom. The van der Waals surface area contributed by atoms with Gasteiger partial charge in [-0.25, -0.2) is 0 Å². The van der Waals surface area contributed by atoms with Gasteiger partial charge >= 0.3 is 0 Å². The van der Waals surface area contributed by atoms with Gasteiger partial charge in [-0.2, -0.15) is 0 Å². The van der Waals surface area contributed by atoms with E-state index >= 15 is 0 Å². The molecule has 0 aliphatic carbocycles. The van der Waals surface area contributed by atoms with Crippen LogP contribution >= 0.6 is 11.6 Å². The van der Waals surface area contributed by atoms with Crippen LogP contribution in [0.2, 0.25) is 5.02 Å². The van der Waals surface area contributed by atoms with Crippen molar-refractivity contribution in [1.29, 1.82) is 0 Å². The Bertz CT molecular complexity index is 377. The van der Waals surface area contributed by atoms with E-state index in [4.69, 9.17) is 21.1 Å². The van der Waals surface area contributed by atoms with Crippen LogP contribution in [0.1, 0.15) is 30.6 Å². The largest absolute Gasteiger partial charge is 0.490 e. The van der Waals surface area contributed by atoms with Gasteiger partial charge in [0.2, 0.25) is 0 Å². The van der Waals surface area contributed by atoms with Crippen LogP contribution in [0.4, 0.5) is 0 Å². The van der Waals surface area contributed by atoms with Gasteiger partial charge in [-0.15, -0.1) is 0 Å². The first kappa shape index (κ1) is 15.0. The van der Waals surface area contributed by atoms with Crippen LogP contribution in [0.3, 0.4) is 0 Å². The normalized spacial score (nSPS) is 10.7. The highest BCUT2D eigenvalue weighted by Crippen LogP contribution is 2.24. The summed E-state index contributed by atoms with van der Waals surface area (Å²) in [6.07, 6.45) is 1.81. The van der Waals surface area contributed by atoms with Crippen LogP contribution in [-0.4, -0.2) is 26.1 Å². The number of ether oxygens (including phenoxy) is 2. The third-order valence-electron chi connectivity index (χ3n) is 2.42. The van der Waals surface area contributed by atoms with Crippen molar-refractivity contribution in [2.45, 2.75) is 20.3 Å². The fourth-order valence-electron chi connectivity index (χ4n) is 1.34. The molecule has 0 saturated heterocycles. The third-order valence-corrected chi connectivity index (χ3v) is 2.71. The number of rotatable bonds is 8. The quantitative estimate of drug-likeness (QED) is 0.535. The average Bonchev–Trinajstić information content (AvgIpc) is 2.34. The first-order chi connectivity index (χ1) is 8.63. The summed E-state index contributed by atoms with van der Waals surface area (Å²) in [5.74, 6) is 1.23. The monoisotopic (exact) mass is 270 g/mol. The van der Waals surface area contributed by atoms with Gasteiger partial charge in [0.25, 0.3) is 0 Å². The molecule has 18 heavy (non-hydrogen) atoms. The molecule has 1 aromatic rings. The lowest BCUT2D eigenvalue weighted by atomic mass is 10.1. The third kappa shape index (κ3) is 5.52. The van der Waals surface area contributed by atoms with Crippen molar-refractivity contribution in [3.63, 3.8) is 0 Å². The number of hydrogen-bond acceptors (Lipinski definition) is 3. The molecule has 0 radical (unpaired) electrons. The Morgan fingerprint density at radius 3 is 2.67 bits per heavy atom. The minimum absolute atomic E-state index is 0.446. The van der Waals surface area contributed by atoms with Crippen LogP contribution in [0.15, 0.2) is 18.2 Å². The zero-order valence-electron chi connectivity index (χ0n) is 10.8. The Balaban J connectivity index is 2.25. The number of benzene rings is 1. The molecule has 3 nitrogen and oxygen atoms in total. The van der Waals surface area contributed by atoms with Gasteiger partial charge in [-0.1, -0.05) is 25.4 Å². The van der Waals surface area contributed by atoms with Crippen LogP contribution < -0.4 is 4.74 Å². The first-order valence-corrected chi connectivity index (χ1v) is 6.46. The standard InChI is InChI=1S/C14H19ClO3/c1-11(2)5-6-17-7-8-18-14-4-3-12(10-16)9-13(14)15/h3-4,9-11H,5-8H2,1-2H3. The molecule has 0 atom stereocenters. The van der Waals surface area contributed by atoms with Gasteiger partial charge in [0.15, 0.2) is 0 Å². The number of aldehydes is 1. The van der Waals surface area contributed by atoms with Crippen molar-refractivity contribution in [3.05, 3.63) is 28.8 Å². The molecular formula is C14H19ClO3. The highest BCUT2D eigenvalue weighted by Gasteiger charge is 2.02. The minimum Gasteiger partial charge on any atom is -0.490 e. The van der Waals surface area contributed by atoms with E-state index < -0.39 is 0 Å². The Morgan fingerprint density at radius 1 is 1.28 bits per heavy atom. The van der Waals surface area contributed by atoms with E-state index in [1.54, 1.807) is 18.2 Å². The number of hydrogen-bond donors (Lipinski definition) is 0. The number of halogens is 1. The predicted octanol–water partition coefficient (Wildman–Crippen LogP) is 3.59. The molecule has 0 bridgehead atoms. The van der Waals surface area contributed by atoms with E-state index in [1.807, 2.05) is 0 Å². The molecule has 0 amide bonds. The molecule has 0 spiro atoms. The molecule has 0 aliphatic rings. The van der Waals surface area contributed by atoms with Crippen LogP contribution in [0.5, 0.6) is 5.75 Å². The van der Waals surface area contributed by atoms with Crippen molar-refractivity contribution < 1.29 is 14.3 Å². The minimum atomic E-state index is 0.446. The van der Waals surface area contributed by atoms with E-state index in [0.29, 0.717) is 35.5 Å². The Hall–Kier alpha value is -1.06. The van der Waals surface area contributed by atoms with Gasteiger partial charge in [0.1, 0.15) is 18.6 Å². The number of carbonyl (C=O) groups excluding carboxylic acids is 1. The molecular weight excluding hydrogens is 252 g/mol. The van der Waals surface area contributed by atoms with Gasteiger partial charge in [0, 0.05) is 12.2 Å². The van der Waals surface area contributed by atoms with E-state index in [-0.39, 0.29) is 0 Å². The van der Waals surface area contributed by atoms with Crippen molar-refractivity contribution in [2.75, 3.05) is 19.8 Å². The van der Waals surface area contributed by atoms with E-state index in [0.717, 1.165) is 19.3 Å². The molecule has 0 unspecified atom stereocenters. The lowest BCUT2D eigenvalue weighted by Crippen LogP contribution is -2.08. The maximum atomic E-state index is 10.5. The van der Waals surface area contributed by atoms with Gasteiger partial charge in [0.05, 0.1) is 11.6 Å². The SMILES string of the molecule is CC(C)CCOCCOc1ccc(C=O)cc1Cl. The maximum absolute atomic E-state index is 10.5.